The van der Waals surface area contributed by atoms with Crippen LogP contribution in [0.1, 0.15) is 18.2 Å². The van der Waals surface area contributed by atoms with Crippen LogP contribution >= 0.6 is 0 Å². The van der Waals surface area contributed by atoms with Gasteiger partial charge in [0.25, 0.3) is 12.0 Å². The predicted octanol–water partition coefficient (Wildman–Crippen LogP) is -1.79. The number of hydrogen-bond donors (Lipinski definition) is 2. The monoisotopic (exact) mass is 328 g/mol. The summed E-state index contributed by atoms with van der Waals surface area (Å²) in [6.07, 6.45) is -1.02. The molecule has 2 heterocycles. The number of nitrogens with zero attached hydrogens (tertiary/aromatic N) is 1. The van der Waals surface area contributed by atoms with Crippen LogP contribution in [-0.4, -0.2) is 52.5 Å². The zero-order valence-electron chi connectivity index (χ0n) is 12.3. The van der Waals surface area contributed by atoms with Gasteiger partial charge in [-0.25, -0.2) is 9.59 Å². The summed E-state index contributed by atoms with van der Waals surface area (Å²) in [6.45, 7) is 0.656. The van der Waals surface area contributed by atoms with Crippen LogP contribution in [0.25, 0.3) is 0 Å². The average molecular weight is 328 g/mol. The third kappa shape index (κ3) is 3.85. The lowest BCUT2D eigenvalue weighted by atomic mass is 10.2. The summed E-state index contributed by atoms with van der Waals surface area (Å²) in [5.74, 6) is -0.796. The fraction of sp³-hybridized carbons (Fsp3) is 0.538. The van der Waals surface area contributed by atoms with Gasteiger partial charge in [0.15, 0.2) is 6.61 Å². The number of nitrogens with one attached hydrogen (secondary N) is 1. The van der Waals surface area contributed by atoms with Crippen molar-refractivity contribution in [1.82, 2.24) is 9.55 Å². The van der Waals surface area contributed by atoms with Crippen molar-refractivity contribution < 1.29 is 28.9 Å². The molecule has 0 amide bonds. The molecule has 0 bridgehead atoms. The van der Waals surface area contributed by atoms with Crippen LogP contribution in [0.15, 0.2) is 15.8 Å². The van der Waals surface area contributed by atoms with Crippen molar-refractivity contribution in [2.45, 2.75) is 31.8 Å². The Bertz CT molecular complexity index is 694. The third-order valence-corrected chi connectivity index (χ3v) is 3.37. The van der Waals surface area contributed by atoms with E-state index in [9.17, 15) is 24.3 Å². The molecule has 0 spiro atoms. The summed E-state index contributed by atoms with van der Waals surface area (Å²) >= 11 is 0. The molecule has 1 fully saturated rings. The van der Waals surface area contributed by atoms with E-state index in [2.05, 4.69) is 9.72 Å². The SMILES string of the molecule is Cc1cn(C2CC(OC(=O)COC=O)C(CO)O2)c(=O)[nH]c1=O. The standard InChI is InChI=1S/C13H16N2O8/c1-7-3-15(13(20)14-12(7)19)10-2-8(9(4-16)22-10)23-11(18)5-21-6-17/h3,6,8-10,16H,2,4-5H2,1H3,(H,14,19,20). The van der Waals surface area contributed by atoms with E-state index in [1.807, 2.05) is 0 Å². The molecule has 23 heavy (non-hydrogen) atoms. The predicted molar refractivity (Wildman–Crippen MR) is 73.6 cm³/mol. The van der Waals surface area contributed by atoms with Gasteiger partial charge >= 0.3 is 11.7 Å². The Kier molecular flexibility index (Phi) is 5.29. The highest BCUT2D eigenvalue weighted by Crippen LogP contribution is 2.29. The summed E-state index contributed by atoms with van der Waals surface area (Å²) in [6, 6.07) is 0. The van der Waals surface area contributed by atoms with E-state index in [4.69, 9.17) is 9.47 Å². The van der Waals surface area contributed by atoms with E-state index in [-0.39, 0.29) is 12.9 Å². The van der Waals surface area contributed by atoms with Crippen molar-refractivity contribution in [2.24, 2.45) is 0 Å². The second-order valence-corrected chi connectivity index (χ2v) is 4.96. The smallest absolute Gasteiger partial charge is 0.344 e. The van der Waals surface area contributed by atoms with Crippen LogP contribution in [0, 0.1) is 6.92 Å². The molecule has 0 aliphatic carbocycles. The van der Waals surface area contributed by atoms with Crippen LogP contribution in [0.5, 0.6) is 0 Å². The topological polar surface area (TPSA) is 137 Å². The first kappa shape index (κ1) is 16.9. The maximum absolute atomic E-state index is 11.8. The van der Waals surface area contributed by atoms with Gasteiger partial charge in [0.1, 0.15) is 18.4 Å². The number of aromatic amines is 1. The molecule has 3 atom stereocenters. The van der Waals surface area contributed by atoms with E-state index in [1.165, 1.54) is 13.1 Å². The van der Waals surface area contributed by atoms with Gasteiger partial charge in [-0.05, 0) is 6.92 Å². The third-order valence-electron chi connectivity index (χ3n) is 3.37. The number of ether oxygens (including phenoxy) is 3. The van der Waals surface area contributed by atoms with Crippen LogP contribution in [0.2, 0.25) is 0 Å². The van der Waals surface area contributed by atoms with Gasteiger partial charge in [0.05, 0.1) is 6.61 Å². The van der Waals surface area contributed by atoms with Gasteiger partial charge in [-0.1, -0.05) is 0 Å². The maximum atomic E-state index is 11.8. The largest absolute Gasteiger partial charge is 0.457 e. The minimum absolute atomic E-state index is 0.101. The summed E-state index contributed by atoms with van der Waals surface area (Å²) in [5, 5.41) is 9.31. The van der Waals surface area contributed by atoms with Gasteiger partial charge in [-0.2, -0.15) is 0 Å². The Hall–Kier alpha value is -2.46. The molecule has 10 nitrogen and oxygen atoms in total. The number of aliphatic hydroxyl groups excluding tert-OH is 1. The molecule has 1 aromatic heterocycles. The second-order valence-electron chi connectivity index (χ2n) is 4.96. The molecule has 126 valence electrons. The molecule has 2 rings (SSSR count). The lowest BCUT2D eigenvalue weighted by Crippen LogP contribution is -2.33. The molecule has 1 aliphatic heterocycles. The highest BCUT2D eigenvalue weighted by atomic mass is 16.6. The van der Waals surface area contributed by atoms with Gasteiger partial charge in [0.2, 0.25) is 0 Å². The number of aliphatic hydroxyl groups is 1. The van der Waals surface area contributed by atoms with Gasteiger partial charge in [0, 0.05) is 18.2 Å². The zero-order valence-corrected chi connectivity index (χ0v) is 12.3. The highest BCUT2D eigenvalue weighted by molar-refractivity contribution is 5.72. The van der Waals surface area contributed by atoms with Gasteiger partial charge in [-0.3, -0.25) is 19.1 Å². The summed E-state index contributed by atoms with van der Waals surface area (Å²) in [5.41, 5.74) is -0.857. The molecule has 10 heteroatoms. The number of rotatable bonds is 6. The van der Waals surface area contributed by atoms with Gasteiger partial charge < -0.3 is 19.3 Å². The molecule has 1 aliphatic rings. The van der Waals surface area contributed by atoms with E-state index in [0.29, 0.717) is 5.56 Å². The molecule has 3 unspecified atom stereocenters. The second kappa shape index (κ2) is 7.20. The van der Waals surface area contributed by atoms with Crippen molar-refractivity contribution >= 4 is 12.4 Å². The molecular weight excluding hydrogens is 312 g/mol. The number of esters is 1. The zero-order chi connectivity index (χ0) is 17.0. The van der Waals surface area contributed by atoms with Crippen LogP contribution in [-0.2, 0) is 23.8 Å². The number of carbonyl (C=O) groups excluding carboxylic acids is 2. The summed E-state index contributed by atoms with van der Waals surface area (Å²) in [4.78, 5) is 46.9. The van der Waals surface area contributed by atoms with E-state index in [0.717, 1.165) is 4.57 Å². The summed E-state index contributed by atoms with van der Waals surface area (Å²) in [7, 11) is 0. The molecule has 0 radical (unpaired) electrons. The first-order chi connectivity index (χ1) is 11.0. The van der Waals surface area contributed by atoms with Crippen molar-refractivity contribution in [3.8, 4) is 0 Å². The van der Waals surface area contributed by atoms with Crippen LogP contribution < -0.4 is 11.2 Å². The van der Waals surface area contributed by atoms with Crippen molar-refractivity contribution in [3.05, 3.63) is 32.6 Å². The number of carbonyl (C=O) groups is 2. The van der Waals surface area contributed by atoms with Crippen LogP contribution in [0.4, 0.5) is 0 Å². The fourth-order valence-electron chi connectivity index (χ4n) is 2.26. The normalized spacial score (nSPS) is 23.5. The molecule has 0 aromatic carbocycles. The average Bonchev–Trinajstić information content (AvgIpc) is 2.91. The Balaban J connectivity index is 2.14. The number of aromatic nitrogens is 2. The van der Waals surface area contributed by atoms with Gasteiger partial charge in [-0.15, -0.1) is 0 Å². The fourth-order valence-corrected chi connectivity index (χ4v) is 2.26. The van der Waals surface area contributed by atoms with Crippen molar-refractivity contribution in [2.75, 3.05) is 13.2 Å². The van der Waals surface area contributed by atoms with E-state index >= 15 is 0 Å². The van der Waals surface area contributed by atoms with E-state index < -0.39 is 48.9 Å². The number of hydrogen-bond acceptors (Lipinski definition) is 8. The lowest BCUT2D eigenvalue weighted by molar-refractivity contribution is -0.160. The number of H-pyrrole nitrogens is 1. The maximum Gasteiger partial charge on any atom is 0.344 e. The van der Waals surface area contributed by atoms with Crippen LogP contribution in [0.3, 0.4) is 0 Å². The Morgan fingerprint density at radius 3 is 2.96 bits per heavy atom. The first-order valence-electron chi connectivity index (χ1n) is 6.79. The molecule has 1 aromatic rings. The quantitative estimate of drug-likeness (QED) is 0.461. The van der Waals surface area contributed by atoms with Crippen molar-refractivity contribution in [1.29, 1.82) is 0 Å². The Labute approximate surface area is 129 Å². The lowest BCUT2D eigenvalue weighted by Gasteiger charge is -2.16. The first-order valence-corrected chi connectivity index (χ1v) is 6.79. The summed E-state index contributed by atoms with van der Waals surface area (Å²) < 4.78 is 16.0. The molecular formula is C13H16N2O8. The number of aryl methyl sites for hydroxylation is 1. The Morgan fingerprint density at radius 2 is 2.30 bits per heavy atom. The van der Waals surface area contributed by atoms with E-state index in [1.54, 1.807) is 0 Å². The molecule has 2 N–H and O–H groups in total. The Morgan fingerprint density at radius 1 is 1.57 bits per heavy atom. The molecule has 0 saturated carbocycles. The minimum atomic E-state index is -0.834. The molecule has 1 saturated heterocycles. The highest BCUT2D eigenvalue weighted by Gasteiger charge is 2.39. The minimum Gasteiger partial charge on any atom is -0.457 e. The van der Waals surface area contributed by atoms with Crippen molar-refractivity contribution in [3.63, 3.8) is 0 Å².